The highest BCUT2D eigenvalue weighted by molar-refractivity contribution is 7.56. The monoisotopic (exact) mass is 391 g/mol. The molecule has 3 heteroatoms. The highest BCUT2D eigenvalue weighted by Crippen LogP contribution is 2.27. The summed E-state index contributed by atoms with van der Waals surface area (Å²) in [7, 11) is 0.580. The number of rotatable bonds is 8. The SMILES string of the molecule is CCNCc1cccc(C)c1Pc1cc(C)cc(C)c1OCc1ccccc1. The van der Waals surface area contributed by atoms with Crippen molar-refractivity contribution in [1.82, 2.24) is 5.32 Å². The summed E-state index contributed by atoms with van der Waals surface area (Å²) in [4.78, 5) is 0. The largest absolute Gasteiger partial charge is 0.488 e. The molecule has 1 atom stereocenters. The van der Waals surface area contributed by atoms with Gasteiger partial charge in [-0.1, -0.05) is 70.1 Å². The summed E-state index contributed by atoms with van der Waals surface area (Å²) in [5.41, 5.74) is 6.42. The Morgan fingerprint density at radius 1 is 0.893 bits per heavy atom. The Bertz CT molecular complexity index is 921. The molecule has 0 bridgehead atoms. The third kappa shape index (κ3) is 5.22. The van der Waals surface area contributed by atoms with Crippen LogP contribution in [-0.4, -0.2) is 6.54 Å². The minimum atomic E-state index is 0.580. The van der Waals surface area contributed by atoms with Gasteiger partial charge in [0, 0.05) is 11.8 Å². The second-order valence-corrected chi connectivity index (χ2v) is 8.54. The first-order chi connectivity index (χ1) is 13.6. The van der Waals surface area contributed by atoms with Gasteiger partial charge in [0.2, 0.25) is 0 Å². The number of nitrogens with one attached hydrogen (secondary N) is 1. The Kier molecular flexibility index (Phi) is 7.25. The quantitative estimate of drug-likeness (QED) is 0.550. The van der Waals surface area contributed by atoms with Crippen LogP contribution in [0.15, 0.2) is 60.7 Å². The van der Waals surface area contributed by atoms with Crippen LogP contribution in [0.2, 0.25) is 0 Å². The maximum Gasteiger partial charge on any atom is 0.130 e. The van der Waals surface area contributed by atoms with Crippen LogP contribution in [0.1, 0.15) is 34.7 Å². The average Bonchev–Trinajstić information content (AvgIpc) is 2.68. The fourth-order valence-electron chi connectivity index (χ4n) is 3.42. The van der Waals surface area contributed by atoms with Gasteiger partial charge in [-0.25, -0.2) is 0 Å². The van der Waals surface area contributed by atoms with Crippen LogP contribution in [0.3, 0.4) is 0 Å². The first kappa shape index (κ1) is 20.6. The van der Waals surface area contributed by atoms with E-state index in [0.717, 1.165) is 18.8 Å². The summed E-state index contributed by atoms with van der Waals surface area (Å²) >= 11 is 0. The molecule has 28 heavy (non-hydrogen) atoms. The number of benzene rings is 3. The molecule has 0 aliphatic carbocycles. The molecule has 0 radical (unpaired) electrons. The highest BCUT2D eigenvalue weighted by Gasteiger charge is 2.13. The Morgan fingerprint density at radius 3 is 2.43 bits per heavy atom. The fourth-order valence-corrected chi connectivity index (χ4v) is 4.98. The highest BCUT2D eigenvalue weighted by atomic mass is 31.1. The first-order valence-corrected chi connectivity index (χ1v) is 10.9. The molecule has 2 nitrogen and oxygen atoms in total. The molecule has 1 N–H and O–H groups in total. The smallest absolute Gasteiger partial charge is 0.130 e. The van der Waals surface area contributed by atoms with Crippen LogP contribution >= 0.6 is 8.58 Å². The van der Waals surface area contributed by atoms with E-state index in [1.165, 1.54) is 38.4 Å². The van der Waals surface area contributed by atoms with Crippen LogP contribution in [0.5, 0.6) is 5.75 Å². The fraction of sp³-hybridized carbons (Fsp3) is 0.280. The summed E-state index contributed by atoms with van der Waals surface area (Å²) in [6, 6.07) is 21.5. The molecule has 0 saturated carbocycles. The van der Waals surface area contributed by atoms with Crippen molar-refractivity contribution in [1.29, 1.82) is 0 Å². The molecule has 3 aromatic carbocycles. The van der Waals surface area contributed by atoms with Crippen molar-refractivity contribution in [3.05, 3.63) is 88.5 Å². The maximum atomic E-state index is 6.33. The minimum Gasteiger partial charge on any atom is -0.488 e. The van der Waals surface area contributed by atoms with Crippen molar-refractivity contribution in [2.75, 3.05) is 6.54 Å². The van der Waals surface area contributed by atoms with Gasteiger partial charge in [0.25, 0.3) is 0 Å². The van der Waals surface area contributed by atoms with Gasteiger partial charge < -0.3 is 10.1 Å². The molecule has 1 unspecified atom stereocenters. The molecule has 0 amide bonds. The molecule has 0 spiro atoms. The van der Waals surface area contributed by atoms with E-state index in [-0.39, 0.29) is 0 Å². The summed E-state index contributed by atoms with van der Waals surface area (Å²) in [6.07, 6.45) is 0. The van der Waals surface area contributed by atoms with E-state index in [0.29, 0.717) is 15.2 Å². The second-order valence-electron chi connectivity index (χ2n) is 7.25. The third-order valence-electron chi connectivity index (χ3n) is 4.83. The second kappa shape index (κ2) is 9.87. The zero-order valence-corrected chi connectivity index (χ0v) is 18.3. The predicted molar refractivity (Wildman–Crippen MR) is 123 cm³/mol. The van der Waals surface area contributed by atoms with Crippen molar-refractivity contribution < 1.29 is 4.74 Å². The molecule has 0 saturated heterocycles. The molecular formula is C25H30NOP. The maximum absolute atomic E-state index is 6.33. The Balaban J connectivity index is 1.92. The molecule has 0 aliphatic heterocycles. The number of ether oxygens (including phenoxy) is 1. The molecule has 0 aromatic heterocycles. The Hall–Kier alpha value is -2.15. The van der Waals surface area contributed by atoms with E-state index in [9.17, 15) is 0 Å². The topological polar surface area (TPSA) is 21.3 Å². The van der Waals surface area contributed by atoms with Crippen LogP contribution < -0.4 is 20.7 Å². The predicted octanol–water partition coefficient (Wildman–Crippen LogP) is 4.93. The van der Waals surface area contributed by atoms with Gasteiger partial charge in [-0.3, -0.25) is 0 Å². The van der Waals surface area contributed by atoms with E-state index in [1.54, 1.807) is 0 Å². The van der Waals surface area contributed by atoms with Crippen molar-refractivity contribution in [3.63, 3.8) is 0 Å². The zero-order chi connectivity index (χ0) is 19.9. The Morgan fingerprint density at radius 2 is 1.68 bits per heavy atom. The van der Waals surface area contributed by atoms with Crippen molar-refractivity contribution >= 4 is 19.2 Å². The average molecular weight is 391 g/mol. The normalized spacial score (nSPS) is 11.3. The summed E-state index contributed by atoms with van der Waals surface area (Å²) in [5.74, 6) is 1.03. The summed E-state index contributed by atoms with van der Waals surface area (Å²) in [6.45, 7) is 11.2. The van der Waals surface area contributed by atoms with Crippen LogP contribution in [0.25, 0.3) is 0 Å². The molecule has 3 aromatic rings. The van der Waals surface area contributed by atoms with Gasteiger partial charge >= 0.3 is 0 Å². The van der Waals surface area contributed by atoms with Crippen molar-refractivity contribution in [2.45, 2.75) is 40.8 Å². The van der Waals surface area contributed by atoms with E-state index >= 15 is 0 Å². The van der Waals surface area contributed by atoms with Crippen molar-refractivity contribution in [2.24, 2.45) is 0 Å². The van der Waals surface area contributed by atoms with E-state index in [4.69, 9.17) is 4.74 Å². The van der Waals surface area contributed by atoms with Gasteiger partial charge in [0.1, 0.15) is 12.4 Å². The lowest BCUT2D eigenvalue weighted by Gasteiger charge is -2.18. The molecule has 3 rings (SSSR count). The summed E-state index contributed by atoms with van der Waals surface area (Å²) in [5, 5.41) is 6.20. The van der Waals surface area contributed by atoms with Gasteiger partial charge in [-0.05, 0) is 66.5 Å². The van der Waals surface area contributed by atoms with Gasteiger partial charge in [-0.15, -0.1) is 0 Å². The Labute approximate surface area is 171 Å². The first-order valence-electron chi connectivity index (χ1n) is 9.92. The van der Waals surface area contributed by atoms with Gasteiger partial charge in [0.05, 0.1) is 0 Å². The van der Waals surface area contributed by atoms with Crippen LogP contribution in [-0.2, 0) is 13.2 Å². The lowest BCUT2D eigenvalue weighted by Crippen LogP contribution is -2.20. The van der Waals surface area contributed by atoms with Crippen LogP contribution in [0, 0.1) is 20.8 Å². The lowest BCUT2D eigenvalue weighted by molar-refractivity contribution is 0.307. The third-order valence-corrected chi connectivity index (χ3v) is 6.44. The molecular weight excluding hydrogens is 361 g/mol. The van der Waals surface area contributed by atoms with Gasteiger partial charge in [-0.2, -0.15) is 0 Å². The molecule has 0 aliphatic rings. The molecule has 146 valence electrons. The number of hydrogen-bond donors (Lipinski definition) is 1. The van der Waals surface area contributed by atoms with Crippen molar-refractivity contribution in [3.8, 4) is 5.75 Å². The van der Waals surface area contributed by atoms with E-state index in [2.05, 4.69) is 87.6 Å². The van der Waals surface area contributed by atoms with E-state index in [1.807, 2.05) is 6.07 Å². The number of aryl methyl sites for hydroxylation is 3. The molecule has 0 fully saturated rings. The zero-order valence-electron chi connectivity index (χ0n) is 17.3. The minimum absolute atomic E-state index is 0.580. The number of hydrogen-bond acceptors (Lipinski definition) is 2. The molecule has 0 heterocycles. The standard InChI is InChI=1S/C25H30NOP/c1-5-26-16-22-13-9-10-19(3)25(22)28-23-15-18(2)14-20(4)24(23)27-17-21-11-7-6-8-12-21/h6-15,26,28H,5,16-17H2,1-4H3. The van der Waals surface area contributed by atoms with E-state index < -0.39 is 0 Å². The lowest BCUT2D eigenvalue weighted by atomic mass is 10.1. The summed E-state index contributed by atoms with van der Waals surface area (Å²) < 4.78 is 6.33. The van der Waals surface area contributed by atoms with Gasteiger partial charge in [0.15, 0.2) is 0 Å². The van der Waals surface area contributed by atoms with Crippen LogP contribution in [0.4, 0.5) is 0 Å².